The molecule has 0 radical (unpaired) electrons. The van der Waals surface area contributed by atoms with Crippen molar-refractivity contribution in [3.05, 3.63) is 34.5 Å². The first-order chi connectivity index (χ1) is 11.7. The molecular formula is C21H32N2O2. The van der Waals surface area contributed by atoms with Gasteiger partial charge in [0.05, 0.1) is 0 Å². The van der Waals surface area contributed by atoms with Gasteiger partial charge in [-0.25, -0.2) is 4.79 Å². The van der Waals surface area contributed by atoms with E-state index in [1.54, 1.807) is 0 Å². The van der Waals surface area contributed by atoms with Crippen molar-refractivity contribution in [2.75, 3.05) is 13.1 Å². The van der Waals surface area contributed by atoms with Crippen molar-refractivity contribution >= 4 is 18.7 Å². The highest BCUT2D eigenvalue weighted by Gasteiger charge is 2.26. The lowest BCUT2D eigenvalue weighted by molar-refractivity contribution is 0.0178. The number of nitrogens with zero attached hydrogens (tertiary/aromatic N) is 2. The van der Waals surface area contributed by atoms with E-state index in [4.69, 9.17) is 4.74 Å². The van der Waals surface area contributed by atoms with Crippen LogP contribution >= 0.6 is 0 Å². The van der Waals surface area contributed by atoms with E-state index >= 15 is 0 Å². The van der Waals surface area contributed by atoms with E-state index in [-0.39, 0.29) is 6.09 Å². The molecule has 0 atom stereocenters. The lowest BCUT2D eigenvalue weighted by Crippen LogP contribution is -2.42. The van der Waals surface area contributed by atoms with Gasteiger partial charge in [-0.05, 0) is 70.7 Å². The van der Waals surface area contributed by atoms with Gasteiger partial charge in [0, 0.05) is 31.2 Å². The van der Waals surface area contributed by atoms with Gasteiger partial charge in [-0.3, -0.25) is 0 Å². The third-order valence-corrected chi connectivity index (χ3v) is 4.39. The van der Waals surface area contributed by atoms with Crippen molar-refractivity contribution in [1.82, 2.24) is 9.47 Å². The summed E-state index contributed by atoms with van der Waals surface area (Å²) in [7, 11) is 0. The van der Waals surface area contributed by atoms with Crippen molar-refractivity contribution in [3.63, 3.8) is 0 Å². The summed E-state index contributed by atoms with van der Waals surface area (Å²) in [4.78, 5) is 14.0. The molecule has 0 aliphatic carbocycles. The minimum atomic E-state index is -0.431. The zero-order valence-corrected chi connectivity index (χ0v) is 16.3. The van der Waals surface area contributed by atoms with Crippen molar-refractivity contribution in [1.29, 1.82) is 0 Å². The fraction of sp³-hybridized carbons (Fsp3) is 0.571. The van der Waals surface area contributed by atoms with Crippen LogP contribution in [0.15, 0.2) is 23.9 Å². The molecule has 1 aliphatic heterocycles. The molecular weight excluding hydrogens is 312 g/mol. The SMILES string of the molecule is C=c1ccn(CC2CCN(C(=O)OC(C)(C)C)CC2)/c1=C/C=C(C)C. The minimum Gasteiger partial charge on any atom is -0.444 e. The molecule has 0 aromatic carbocycles. The van der Waals surface area contributed by atoms with Gasteiger partial charge in [0.1, 0.15) is 5.60 Å². The molecule has 4 heteroatoms. The van der Waals surface area contributed by atoms with Gasteiger partial charge in [-0.2, -0.15) is 0 Å². The highest BCUT2D eigenvalue weighted by atomic mass is 16.6. The van der Waals surface area contributed by atoms with Crippen LogP contribution in [0.5, 0.6) is 0 Å². The Morgan fingerprint density at radius 2 is 1.96 bits per heavy atom. The molecule has 1 aromatic heterocycles. The molecule has 1 fully saturated rings. The number of ether oxygens (including phenoxy) is 1. The van der Waals surface area contributed by atoms with Gasteiger partial charge in [0.25, 0.3) is 0 Å². The standard InChI is InChI=1S/C21H32N2O2/c1-16(2)7-8-19-17(3)9-12-23(19)15-18-10-13-22(14-11-18)20(24)25-21(4,5)6/h7-9,12,18H,3,10-11,13-15H2,1-2,4-6H3/b19-8+. The van der Waals surface area contributed by atoms with E-state index in [2.05, 4.69) is 49.4 Å². The number of amides is 1. The number of piperidine rings is 1. The fourth-order valence-electron chi connectivity index (χ4n) is 3.04. The van der Waals surface area contributed by atoms with Gasteiger partial charge in [-0.1, -0.05) is 18.2 Å². The van der Waals surface area contributed by atoms with Crippen LogP contribution in [0.1, 0.15) is 47.5 Å². The predicted molar refractivity (Wildman–Crippen MR) is 104 cm³/mol. The highest BCUT2D eigenvalue weighted by Crippen LogP contribution is 2.20. The molecule has 2 heterocycles. The highest BCUT2D eigenvalue weighted by molar-refractivity contribution is 5.68. The summed E-state index contributed by atoms with van der Waals surface area (Å²) in [6, 6.07) is 2.07. The van der Waals surface area contributed by atoms with Crippen molar-refractivity contribution in [2.24, 2.45) is 5.92 Å². The van der Waals surface area contributed by atoms with Gasteiger partial charge in [0.15, 0.2) is 0 Å². The third-order valence-electron chi connectivity index (χ3n) is 4.39. The van der Waals surface area contributed by atoms with Crippen LogP contribution < -0.4 is 10.6 Å². The van der Waals surface area contributed by atoms with Crippen LogP contribution in [0.25, 0.3) is 12.7 Å². The zero-order valence-electron chi connectivity index (χ0n) is 16.3. The Kier molecular flexibility index (Phi) is 6.15. The van der Waals surface area contributed by atoms with E-state index in [1.807, 2.05) is 25.7 Å². The number of aromatic nitrogens is 1. The van der Waals surface area contributed by atoms with Crippen molar-refractivity contribution < 1.29 is 9.53 Å². The van der Waals surface area contributed by atoms with Crippen molar-refractivity contribution in [3.8, 4) is 0 Å². The average Bonchev–Trinajstić information content (AvgIpc) is 2.84. The van der Waals surface area contributed by atoms with Crippen molar-refractivity contribution in [2.45, 2.75) is 59.6 Å². The molecule has 1 aliphatic rings. The first kappa shape index (κ1) is 19.4. The monoisotopic (exact) mass is 344 g/mol. The fourth-order valence-corrected chi connectivity index (χ4v) is 3.04. The Morgan fingerprint density at radius 3 is 2.52 bits per heavy atom. The van der Waals surface area contributed by atoms with Gasteiger partial charge >= 0.3 is 6.09 Å². The normalized spacial score (nSPS) is 16.8. The van der Waals surface area contributed by atoms with Crippen LogP contribution in [0, 0.1) is 5.92 Å². The van der Waals surface area contributed by atoms with Gasteiger partial charge in [-0.15, -0.1) is 0 Å². The maximum absolute atomic E-state index is 12.2. The van der Waals surface area contributed by atoms with Crippen LogP contribution in [0.3, 0.4) is 0 Å². The number of rotatable bonds is 3. The maximum atomic E-state index is 12.2. The Morgan fingerprint density at radius 1 is 1.32 bits per heavy atom. The predicted octanol–water partition coefficient (Wildman–Crippen LogP) is 3.29. The van der Waals surface area contributed by atoms with E-state index in [9.17, 15) is 4.79 Å². The third kappa shape index (κ3) is 5.80. The van der Waals surface area contributed by atoms with E-state index < -0.39 is 5.60 Å². The Labute approximate surface area is 151 Å². The number of allylic oxidation sites excluding steroid dienone is 2. The summed E-state index contributed by atoms with van der Waals surface area (Å²) in [5.74, 6) is 0.573. The summed E-state index contributed by atoms with van der Waals surface area (Å²) >= 11 is 0. The van der Waals surface area contributed by atoms with Crippen LogP contribution in [0.2, 0.25) is 0 Å². The summed E-state index contributed by atoms with van der Waals surface area (Å²) in [5, 5.41) is 2.24. The van der Waals surface area contributed by atoms with Crippen LogP contribution in [0.4, 0.5) is 4.79 Å². The first-order valence-corrected chi connectivity index (χ1v) is 9.13. The lowest BCUT2D eigenvalue weighted by Gasteiger charge is -2.33. The molecule has 0 unspecified atom stereocenters. The summed E-state index contributed by atoms with van der Waals surface area (Å²) in [6.45, 7) is 16.6. The van der Waals surface area contributed by atoms with E-state index in [0.717, 1.165) is 37.7 Å². The Bertz CT molecular complexity index is 725. The molecule has 0 bridgehead atoms. The average molecular weight is 344 g/mol. The van der Waals surface area contributed by atoms with Gasteiger partial charge < -0.3 is 14.2 Å². The summed E-state index contributed by atoms with van der Waals surface area (Å²) in [6.07, 6.45) is 8.22. The molecule has 1 amide bonds. The number of carbonyl (C=O) groups is 1. The molecule has 0 saturated carbocycles. The zero-order chi connectivity index (χ0) is 18.6. The number of carbonyl (C=O) groups excluding carboxylic acids is 1. The molecule has 4 nitrogen and oxygen atoms in total. The summed E-state index contributed by atoms with van der Waals surface area (Å²) < 4.78 is 7.76. The molecule has 2 rings (SSSR count). The number of hydrogen-bond donors (Lipinski definition) is 0. The second-order valence-electron chi connectivity index (χ2n) is 8.20. The quantitative estimate of drug-likeness (QED) is 0.843. The lowest BCUT2D eigenvalue weighted by atomic mass is 9.97. The van der Waals surface area contributed by atoms with Crippen LogP contribution in [-0.4, -0.2) is 34.3 Å². The van der Waals surface area contributed by atoms with Crippen LogP contribution in [-0.2, 0) is 11.3 Å². The number of likely N-dealkylation sites (tertiary alicyclic amines) is 1. The number of hydrogen-bond acceptors (Lipinski definition) is 2. The molecule has 1 aromatic rings. The van der Waals surface area contributed by atoms with E-state index in [0.29, 0.717) is 5.92 Å². The van der Waals surface area contributed by atoms with E-state index in [1.165, 1.54) is 10.9 Å². The Hall–Kier alpha value is -1.97. The smallest absolute Gasteiger partial charge is 0.410 e. The second-order valence-corrected chi connectivity index (χ2v) is 8.20. The molecule has 0 N–H and O–H groups in total. The minimum absolute atomic E-state index is 0.190. The Balaban J connectivity index is 1.97. The maximum Gasteiger partial charge on any atom is 0.410 e. The second kappa shape index (κ2) is 7.94. The largest absolute Gasteiger partial charge is 0.444 e. The molecule has 25 heavy (non-hydrogen) atoms. The topological polar surface area (TPSA) is 34.5 Å². The molecule has 138 valence electrons. The first-order valence-electron chi connectivity index (χ1n) is 9.13. The van der Waals surface area contributed by atoms with Gasteiger partial charge in [0.2, 0.25) is 0 Å². The summed E-state index contributed by atoms with van der Waals surface area (Å²) in [5.41, 5.74) is 0.844. The molecule has 0 spiro atoms. The molecule has 1 saturated heterocycles.